The Kier molecular flexibility index (Phi) is 20.3. The number of hydrogen-bond acceptors (Lipinski definition) is 16. The molecule has 0 radical (unpaired) electrons. The molecule has 528 valence electrons. The number of phenols is 12. The number of aromatic hydroxyl groups is 12. The Hall–Kier alpha value is -9.44. The summed E-state index contributed by atoms with van der Waals surface area (Å²) in [6.45, 7) is 8.72. The van der Waals surface area contributed by atoms with Gasteiger partial charge in [0.25, 0.3) is 0 Å². The van der Waals surface area contributed by atoms with E-state index in [1.54, 1.807) is 72.8 Å². The highest BCUT2D eigenvalue weighted by molar-refractivity contribution is 5.69. The molecule has 16 heteroatoms. The predicted molar refractivity (Wildman–Crippen MR) is 382 cm³/mol. The average Bonchev–Trinajstić information content (AvgIpc) is 0.736. The van der Waals surface area contributed by atoms with Crippen LogP contribution in [0.25, 0.3) is 0 Å². The standard InChI is InChI=1S/C84H96O16/c1-5-45-9-21-53(22-10-45)97-77-41-69(89)57-37-61(77)81(49-17-29-65(85)73(93)33-49)58-38-62(78(42-70(58)90)98-54-23-11-46(6-2)12-24-54)83(51-19-31-67(87)75(95)35-51)60-40-64(80(44-72(60)92)100-56-27-15-48(8-4)16-28-56)84(52-20-32-68(88)76(96)36-52)59-39-63(82(57)50-18-30-66(86)74(94)34-50)79(43-71(59)91)99-55-25-13-47(7-3)14-26-55/h17-20,29-48,53-56,81-96H,5-16,21-28H2,1-4H3. The first-order chi connectivity index (χ1) is 48.3. The highest BCUT2D eigenvalue weighted by Crippen LogP contribution is 2.57. The van der Waals surface area contributed by atoms with Gasteiger partial charge in [0, 0.05) is 92.4 Å². The molecular weight excluding hydrogens is 1260 g/mol. The molecule has 16 nitrogen and oxygen atoms in total. The van der Waals surface area contributed by atoms with E-state index in [1.807, 2.05) is 0 Å². The maximum atomic E-state index is 13.4. The van der Waals surface area contributed by atoms with Gasteiger partial charge >= 0.3 is 0 Å². The molecule has 4 unspecified atom stereocenters. The molecule has 5 aliphatic carbocycles. The third-order valence-electron chi connectivity index (χ3n) is 23.1. The lowest BCUT2D eigenvalue weighted by molar-refractivity contribution is 0.128. The van der Waals surface area contributed by atoms with Crippen LogP contribution in [0.2, 0.25) is 0 Å². The van der Waals surface area contributed by atoms with Crippen molar-refractivity contribution in [1.29, 1.82) is 0 Å². The molecule has 8 bridgehead atoms. The topological polar surface area (TPSA) is 280 Å². The molecule has 4 atom stereocenters. The molecular formula is C84H96O16. The molecule has 0 spiro atoms. The Morgan fingerprint density at radius 2 is 0.410 bits per heavy atom. The van der Waals surface area contributed by atoms with Crippen LogP contribution in [0.3, 0.4) is 0 Å². The van der Waals surface area contributed by atoms with Crippen LogP contribution in [0.4, 0.5) is 0 Å². The van der Waals surface area contributed by atoms with Gasteiger partial charge in [0.2, 0.25) is 0 Å². The van der Waals surface area contributed by atoms with E-state index in [0.717, 1.165) is 77.0 Å². The summed E-state index contributed by atoms with van der Waals surface area (Å²) < 4.78 is 29.0. The molecule has 5 aliphatic rings. The van der Waals surface area contributed by atoms with Crippen molar-refractivity contribution in [3.8, 4) is 92.0 Å². The fourth-order valence-electron chi connectivity index (χ4n) is 17.0. The van der Waals surface area contributed by atoms with Crippen molar-refractivity contribution in [2.45, 2.75) is 204 Å². The number of benzene rings is 8. The number of phenolic OH excluding ortho intramolecular Hbond substituents is 12. The van der Waals surface area contributed by atoms with E-state index in [2.05, 4.69) is 27.7 Å². The van der Waals surface area contributed by atoms with Crippen molar-refractivity contribution in [3.63, 3.8) is 0 Å². The van der Waals surface area contributed by atoms with Gasteiger partial charge in [0.15, 0.2) is 46.0 Å². The van der Waals surface area contributed by atoms with Gasteiger partial charge in [0.05, 0.1) is 24.4 Å². The molecule has 8 aromatic carbocycles. The lowest BCUT2D eigenvalue weighted by Crippen LogP contribution is -2.25. The smallest absolute Gasteiger partial charge is 0.157 e. The molecule has 0 saturated heterocycles. The van der Waals surface area contributed by atoms with Gasteiger partial charge in [-0.05, 0) is 221 Å². The Balaban J connectivity index is 1.19. The van der Waals surface area contributed by atoms with E-state index in [9.17, 15) is 61.3 Å². The first kappa shape index (κ1) is 69.1. The number of hydrogen-bond donors (Lipinski definition) is 12. The van der Waals surface area contributed by atoms with Crippen LogP contribution in [-0.2, 0) is 0 Å². The largest absolute Gasteiger partial charge is 0.507 e. The predicted octanol–water partition coefficient (Wildman–Crippen LogP) is 18.6. The SMILES string of the molecule is CCC1CCC(Oc2cc(O)c3cc2C(c2ccc(O)c(O)c2)c2cc(c(OC4CCC(CC)CC4)cc2O)C(c2ccc(O)c(O)c2)c2cc(c(OC4CCC(CC)CC4)cc2O)C(c2ccc(O)c(O)c2)c2cc(c(OC4CCC(CC)CC4)cc2O)C3c2ccc(O)c(O)c2)CC1. The summed E-state index contributed by atoms with van der Waals surface area (Å²) in [5, 5.41) is 145. The fraction of sp³-hybridized carbons (Fsp3) is 0.429. The van der Waals surface area contributed by atoms with Crippen LogP contribution < -0.4 is 18.9 Å². The molecule has 0 heterocycles. The minimum absolute atomic E-state index is 0.218. The summed E-state index contributed by atoms with van der Waals surface area (Å²) in [5.41, 5.74) is 3.80. The van der Waals surface area contributed by atoms with Gasteiger partial charge in [-0.1, -0.05) is 77.6 Å². The second-order valence-electron chi connectivity index (χ2n) is 29.2. The minimum atomic E-state index is -1.18. The number of ether oxygens (including phenoxy) is 4. The summed E-state index contributed by atoms with van der Waals surface area (Å²) in [4.78, 5) is 0. The zero-order valence-corrected chi connectivity index (χ0v) is 57.6. The monoisotopic (exact) mass is 1360 g/mol. The molecule has 0 aromatic heterocycles. The van der Waals surface area contributed by atoms with Crippen LogP contribution in [0.15, 0.2) is 121 Å². The lowest BCUT2D eigenvalue weighted by Gasteiger charge is -2.34. The van der Waals surface area contributed by atoms with Crippen molar-refractivity contribution in [2.24, 2.45) is 23.7 Å². The van der Waals surface area contributed by atoms with Crippen molar-refractivity contribution in [1.82, 2.24) is 0 Å². The van der Waals surface area contributed by atoms with Crippen LogP contribution >= 0.6 is 0 Å². The van der Waals surface area contributed by atoms with E-state index in [0.29, 0.717) is 120 Å². The summed E-state index contributed by atoms with van der Waals surface area (Å²) in [7, 11) is 0. The Morgan fingerprint density at radius 1 is 0.220 bits per heavy atom. The molecule has 13 rings (SSSR count). The Morgan fingerprint density at radius 3 is 0.580 bits per heavy atom. The molecule has 8 aromatic rings. The summed E-state index contributed by atoms with van der Waals surface area (Å²) in [6.07, 6.45) is 15.3. The maximum Gasteiger partial charge on any atom is 0.157 e. The molecule has 4 saturated carbocycles. The van der Waals surface area contributed by atoms with Gasteiger partial charge in [-0.3, -0.25) is 0 Å². The van der Waals surface area contributed by atoms with Gasteiger partial charge in [-0.2, -0.15) is 0 Å². The van der Waals surface area contributed by atoms with Crippen molar-refractivity contribution >= 4 is 0 Å². The second-order valence-corrected chi connectivity index (χ2v) is 29.2. The van der Waals surface area contributed by atoms with Gasteiger partial charge < -0.3 is 80.2 Å². The lowest BCUT2D eigenvalue weighted by atomic mass is 9.74. The molecule has 4 fully saturated rings. The van der Waals surface area contributed by atoms with Crippen molar-refractivity contribution in [3.05, 3.63) is 188 Å². The summed E-state index contributed by atoms with van der Waals surface area (Å²) in [5.74, 6) is -6.43. The third kappa shape index (κ3) is 14.2. The quantitative estimate of drug-likeness (QED) is 0.0401. The zero-order valence-electron chi connectivity index (χ0n) is 57.6. The second kappa shape index (κ2) is 29.4. The maximum absolute atomic E-state index is 13.4. The van der Waals surface area contributed by atoms with Crippen LogP contribution in [-0.4, -0.2) is 85.7 Å². The highest BCUT2D eigenvalue weighted by atomic mass is 16.5. The first-order valence-corrected chi connectivity index (χ1v) is 36.5. The van der Waals surface area contributed by atoms with Crippen molar-refractivity contribution in [2.75, 3.05) is 0 Å². The number of fused-ring (bicyclic) bond motifs is 8. The van der Waals surface area contributed by atoms with E-state index in [1.165, 1.54) is 48.5 Å². The molecule has 0 aliphatic heterocycles. The van der Waals surface area contributed by atoms with Gasteiger partial charge in [-0.15, -0.1) is 0 Å². The molecule has 100 heavy (non-hydrogen) atoms. The normalized spacial score (nSPS) is 24.6. The van der Waals surface area contributed by atoms with Crippen LogP contribution in [0.5, 0.6) is 92.0 Å². The van der Waals surface area contributed by atoms with E-state index < -0.39 is 69.7 Å². The molecule has 0 amide bonds. The van der Waals surface area contributed by atoms with Gasteiger partial charge in [0.1, 0.15) is 46.0 Å². The first-order valence-electron chi connectivity index (χ1n) is 36.5. The third-order valence-corrected chi connectivity index (χ3v) is 23.1. The highest BCUT2D eigenvalue weighted by Gasteiger charge is 2.40. The number of rotatable bonds is 16. The van der Waals surface area contributed by atoms with Gasteiger partial charge in [-0.25, -0.2) is 0 Å². The fourth-order valence-corrected chi connectivity index (χ4v) is 17.0. The van der Waals surface area contributed by atoms with E-state index in [-0.39, 0.29) is 92.7 Å². The van der Waals surface area contributed by atoms with E-state index in [4.69, 9.17) is 18.9 Å². The Bertz CT molecular complexity index is 3700. The van der Waals surface area contributed by atoms with E-state index >= 15 is 0 Å². The van der Waals surface area contributed by atoms with Crippen LogP contribution in [0, 0.1) is 23.7 Å². The van der Waals surface area contributed by atoms with Crippen LogP contribution in [0.1, 0.15) is 247 Å². The Labute approximate surface area is 585 Å². The summed E-state index contributed by atoms with van der Waals surface area (Å²) in [6, 6.07) is 31.0. The molecule has 12 N–H and O–H groups in total. The summed E-state index contributed by atoms with van der Waals surface area (Å²) >= 11 is 0. The zero-order chi connectivity index (χ0) is 70.2. The minimum Gasteiger partial charge on any atom is -0.507 e. The van der Waals surface area contributed by atoms with Crippen molar-refractivity contribution < 1.29 is 80.2 Å². The average molecular weight is 1360 g/mol.